The molecule has 0 aliphatic rings. The number of hydrogen-bond acceptors (Lipinski definition) is 3. The van der Waals surface area contributed by atoms with E-state index < -0.39 is 0 Å². The third kappa shape index (κ3) is 3.82. The predicted octanol–water partition coefficient (Wildman–Crippen LogP) is 1.20. The van der Waals surface area contributed by atoms with Crippen LogP contribution in [0.1, 0.15) is 23.1 Å². The van der Waals surface area contributed by atoms with Gasteiger partial charge in [0.25, 0.3) is 0 Å². The average molecular weight is 231 g/mol. The Balaban J connectivity index is 2.67. The smallest absolute Gasteiger partial charge is 0.170 e. The molecule has 1 aromatic carbocycles. The van der Waals surface area contributed by atoms with E-state index in [2.05, 4.69) is 16.4 Å². The van der Waals surface area contributed by atoms with Gasteiger partial charge in [-0.05, 0) is 24.1 Å². The normalized spacial score (nSPS) is 11.2. The number of benzene rings is 1. The van der Waals surface area contributed by atoms with Gasteiger partial charge in [0, 0.05) is 25.1 Å². The van der Waals surface area contributed by atoms with Crippen LogP contribution < -0.4 is 11.1 Å². The molecule has 0 saturated carbocycles. The first kappa shape index (κ1) is 13.1. The lowest BCUT2D eigenvalue weighted by atomic mass is 10.0. The number of rotatable bonds is 5. The second-order valence-electron chi connectivity index (χ2n) is 3.76. The highest BCUT2D eigenvalue weighted by Gasteiger charge is 2.03. The molecule has 0 aliphatic heterocycles. The molecule has 0 atom stereocenters. The van der Waals surface area contributed by atoms with E-state index in [9.17, 15) is 0 Å². The second kappa shape index (κ2) is 6.56. The molecule has 0 bridgehead atoms. The second-order valence-corrected chi connectivity index (χ2v) is 3.76. The van der Waals surface area contributed by atoms with Gasteiger partial charge < -0.3 is 16.3 Å². The van der Waals surface area contributed by atoms with Crippen LogP contribution in [0.5, 0.6) is 0 Å². The summed E-state index contributed by atoms with van der Waals surface area (Å²) in [5.74, 6) is 2.70. The maximum atomic E-state index is 8.58. The van der Waals surface area contributed by atoms with Gasteiger partial charge in [0.1, 0.15) is 0 Å². The van der Waals surface area contributed by atoms with E-state index in [1.807, 2.05) is 25.1 Å². The standard InChI is InChI=1S/C13H17N3O/c1-3-4-7-15-9-12-6-5-11(8-10(12)2)13(14)16-17/h1,5-6,8,15,17H,4,7,9H2,2H3,(H2,14,16). The number of nitrogens with zero attached hydrogens (tertiary/aromatic N) is 1. The minimum Gasteiger partial charge on any atom is -0.409 e. The average Bonchev–Trinajstić information content (AvgIpc) is 2.35. The first-order chi connectivity index (χ1) is 8.19. The van der Waals surface area contributed by atoms with Gasteiger partial charge in [-0.1, -0.05) is 17.3 Å². The van der Waals surface area contributed by atoms with Crippen LogP contribution in [0, 0.1) is 19.3 Å². The van der Waals surface area contributed by atoms with E-state index in [1.54, 1.807) is 0 Å². The van der Waals surface area contributed by atoms with Gasteiger partial charge >= 0.3 is 0 Å². The largest absolute Gasteiger partial charge is 0.409 e. The number of nitrogens with two attached hydrogens (primary N) is 1. The van der Waals surface area contributed by atoms with Crippen LogP contribution in [0.2, 0.25) is 0 Å². The molecule has 0 radical (unpaired) electrons. The topological polar surface area (TPSA) is 70.6 Å². The molecule has 0 saturated heterocycles. The van der Waals surface area contributed by atoms with Crippen LogP contribution in [-0.4, -0.2) is 17.6 Å². The lowest BCUT2D eigenvalue weighted by Crippen LogP contribution is -2.16. The Morgan fingerprint density at radius 1 is 1.59 bits per heavy atom. The minimum atomic E-state index is 0.125. The quantitative estimate of drug-likeness (QED) is 0.178. The fourth-order valence-corrected chi connectivity index (χ4v) is 1.49. The van der Waals surface area contributed by atoms with Crippen LogP contribution in [-0.2, 0) is 6.54 Å². The van der Waals surface area contributed by atoms with E-state index in [4.69, 9.17) is 17.4 Å². The van der Waals surface area contributed by atoms with Gasteiger partial charge in [0.15, 0.2) is 5.84 Å². The summed E-state index contributed by atoms with van der Waals surface area (Å²) in [5.41, 5.74) is 8.51. The third-order valence-corrected chi connectivity index (χ3v) is 2.51. The summed E-state index contributed by atoms with van der Waals surface area (Å²) in [4.78, 5) is 0. The summed E-state index contributed by atoms with van der Waals surface area (Å²) in [6.45, 7) is 3.56. The molecule has 0 amide bonds. The molecule has 4 nitrogen and oxygen atoms in total. The number of hydrogen-bond donors (Lipinski definition) is 3. The minimum absolute atomic E-state index is 0.125. The van der Waals surface area contributed by atoms with Crippen LogP contribution in [0.25, 0.3) is 0 Å². The van der Waals surface area contributed by atoms with Gasteiger partial charge in [0.05, 0.1) is 0 Å². The van der Waals surface area contributed by atoms with Crippen LogP contribution >= 0.6 is 0 Å². The fourth-order valence-electron chi connectivity index (χ4n) is 1.49. The molecule has 0 fully saturated rings. The Kier molecular flexibility index (Phi) is 5.05. The summed E-state index contributed by atoms with van der Waals surface area (Å²) < 4.78 is 0. The van der Waals surface area contributed by atoms with E-state index in [-0.39, 0.29) is 5.84 Å². The van der Waals surface area contributed by atoms with Gasteiger partial charge in [0.2, 0.25) is 0 Å². The Bertz CT molecular complexity index is 446. The molecule has 0 heterocycles. The van der Waals surface area contributed by atoms with Gasteiger partial charge in [-0.3, -0.25) is 0 Å². The molecule has 0 aromatic heterocycles. The maximum absolute atomic E-state index is 8.58. The number of nitrogens with one attached hydrogen (secondary N) is 1. The summed E-state index contributed by atoms with van der Waals surface area (Å²) in [7, 11) is 0. The molecule has 0 spiro atoms. The molecule has 90 valence electrons. The highest BCUT2D eigenvalue weighted by atomic mass is 16.4. The summed E-state index contributed by atoms with van der Waals surface area (Å²) >= 11 is 0. The molecule has 1 aromatic rings. The predicted molar refractivity (Wildman–Crippen MR) is 68.8 cm³/mol. The van der Waals surface area contributed by atoms with Gasteiger partial charge in [-0.25, -0.2) is 0 Å². The molecule has 1 rings (SSSR count). The van der Waals surface area contributed by atoms with Crippen molar-refractivity contribution in [3.63, 3.8) is 0 Å². The first-order valence-electron chi connectivity index (χ1n) is 5.40. The molecule has 4 N–H and O–H groups in total. The van der Waals surface area contributed by atoms with Crippen molar-refractivity contribution in [3.05, 3.63) is 34.9 Å². The highest BCUT2D eigenvalue weighted by molar-refractivity contribution is 5.97. The zero-order valence-corrected chi connectivity index (χ0v) is 9.90. The molecular weight excluding hydrogens is 214 g/mol. The number of amidine groups is 1. The van der Waals surface area contributed by atoms with E-state index in [0.29, 0.717) is 0 Å². The fraction of sp³-hybridized carbons (Fsp3) is 0.308. The van der Waals surface area contributed by atoms with Crippen molar-refractivity contribution < 1.29 is 5.21 Å². The van der Waals surface area contributed by atoms with E-state index >= 15 is 0 Å². The molecule has 0 aliphatic carbocycles. The van der Waals surface area contributed by atoms with Crippen molar-refractivity contribution in [3.8, 4) is 12.3 Å². The Hall–Kier alpha value is -1.99. The third-order valence-electron chi connectivity index (χ3n) is 2.51. The zero-order chi connectivity index (χ0) is 12.7. The monoisotopic (exact) mass is 231 g/mol. The zero-order valence-electron chi connectivity index (χ0n) is 9.90. The Morgan fingerprint density at radius 2 is 2.35 bits per heavy atom. The van der Waals surface area contributed by atoms with Gasteiger partial charge in [-0.2, -0.15) is 0 Å². The Labute approximate surface area is 102 Å². The summed E-state index contributed by atoms with van der Waals surface area (Å²) in [6.07, 6.45) is 5.89. The van der Waals surface area contributed by atoms with Crippen LogP contribution in [0.3, 0.4) is 0 Å². The molecule has 17 heavy (non-hydrogen) atoms. The lowest BCUT2D eigenvalue weighted by Gasteiger charge is -2.08. The van der Waals surface area contributed by atoms with Crippen molar-refractivity contribution in [2.45, 2.75) is 19.9 Å². The van der Waals surface area contributed by atoms with Crippen LogP contribution in [0.4, 0.5) is 0 Å². The lowest BCUT2D eigenvalue weighted by molar-refractivity contribution is 0.318. The van der Waals surface area contributed by atoms with Crippen molar-refractivity contribution in [2.75, 3.05) is 6.54 Å². The van der Waals surface area contributed by atoms with E-state index in [0.717, 1.165) is 30.6 Å². The van der Waals surface area contributed by atoms with E-state index in [1.165, 1.54) is 5.56 Å². The first-order valence-corrected chi connectivity index (χ1v) is 5.40. The van der Waals surface area contributed by atoms with Crippen molar-refractivity contribution in [1.29, 1.82) is 0 Å². The van der Waals surface area contributed by atoms with Crippen molar-refractivity contribution in [1.82, 2.24) is 5.32 Å². The summed E-state index contributed by atoms with van der Waals surface area (Å²) in [6, 6.07) is 5.69. The molecule has 0 unspecified atom stereocenters. The number of terminal acetylenes is 1. The number of oxime groups is 1. The number of aryl methyl sites for hydroxylation is 1. The summed E-state index contributed by atoms with van der Waals surface area (Å²) in [5, 5.41) is 14.8. The highest BCUT2D eigenvalue weighted by Crippen LogP contribution is 2.10. The van der Waals surface area contributed by atoms with Gasteiger partial charge in [-0.15, -0.1) is 12.3 Å². The van der Waals surface area contributed by atoms with Crippen LogP contribution in [0.15, 0.2) is 23.4 Å². The SMILES string of the molecule is C#CCCNCc1ccc(/C(N)=N/O)cc1C. The molecular formula is C13H17N3O. The molecule has 4 heteroatoms. The van der Waals surface area contributed by atoms with Crippen molar-refractivity contribution in [2.24, 2.45) is 10.9 Å². The Morgan fingerprint density at radius 3 is 2.94 bits per heavy atom. The van der Waals surface area contributed by atoms with Crippen molar-refractivity contribution >= 4 is 5.84 Å². The maximum Gasteiger partial charge on any atom is 0.170 e.